The Kier molecular flexibility index (Phi) is 10.2. The van der Waals surface area contributed by atoms with Crippen LogP contribution in [-0.2, 0) is 11.3 Å². The lowest BCUT2D eigenvalue weighted by Gasteiger charge is -2.17. The van der Waals surface area contributed by atoms with Crippen molar-refractivity contribution in [2.45, 2.75) is 45.8 Å². The zero-order valence-electron chi connectivity index (χ0n) is 17.4. The van der Waals surface area contributed by atoms with Crippen molar-refractivity contribution in [3.05, 3.63) is 51.7 Å². The molecule has 2 unspecified atom stereocenters. The number of guanidine groups is 1. The molecule has 29 heavy (non-hydrogen) atoms. The van der Waals surface area contributed by atoms with Crippen LogP contribution in [-0.4, -0.2) is 38.4 Å². The minimum atomic E-state index is 0. The second kappa shape index (κ2) is 12.4. The quantitative estimate of drug-likeness (QED) is 0.296. The van der Waals surface area contributed by atoms with Gasteiger partial charge in [0.05, 0.1) is 19.8 Å². The topological polar surface area (TPSA) is 54.9 Å². The maximum atomic E-state index is 6.19. The molecule has 5 nitrogen and oxygen atoms in total. The van der Waals surface area contributed by atoms with Crippen LogP contribution >= 0.6 is 35.3 Å². The number of thiophene rings is 1. The van der Waals surface area contributed by atoms with Crippen molar-refractivity contribution < 1.29 is 9.47 Å². The van der Waals surface area contributed by atoms with Gasteiger partial charge in [-0.15, -0.1) is 35.3 Å². The first-order valence-corrected chi connectivity index (χ1v) is 10.9. The number of hydrogen-bond acceptors (Lipinski definition) is 4. The smallest absolute Gasteiger partial charge is 0.191 e. The van der Waals surface area contributed by atoms with Gasteiger partial charge in [-0.2, -0.15) is 0 Å². The van der Waals surface area contributed by atoms with Crippen LogP contribution in [0.25, 0.3) is 0 Å². The van der Waals surface area contributed by atoms with Crippen molar-refractivity contribution >= 4 is 41.3 Å². The number of benzene rings is 1. The minimum absolute atomic E-state index is 0. The summed E-state index contributed by atoms with van der Waals surface area (Å²) in [6.07, 6.45) is 1.09. The predicted molar refractivity (Wildman–Crippen MR) is 132 cm³/mol. The number of nitrogens with zero attached hydrogens (tertiary/aromatic N) is 1. The molecule has 0 aliphatic carbocycles. The molecule has 2 N–H and O–H groups in total. The molecule has 0 amide bonds. The number of ether oxygens (including phenoxy) is 2. The molecule has 1 aliphatic rings. The van der Waals surface area contributed by atoms with E-state index >= 15 is 0 Å². The average molecular weight is 529 g/mol. The fraction of sp³-hybridized carbons (Fsp3) is 0.500. The Morgan fingerprint density at radius 1 is 1.34 bits per heavy atom. The molecule has 160 valence electrons. The van der Waals surface area contributed by atoms with E-state index < -0.39 is 0 Å². The van der Waals surface area contributed by atoms with Gasteiger partial charge >= 0.3 is 0 Å². The number of aliphatic imine (C=N–C) groups is 1. The van der Waals surface area contributed by atoms with E-state index in [-0.39, 0.29) is 30.1 Å². The SMILES string of the molecule is CCNC(=NCc1ccc(C)cc1OC1CCOC1)NCC(C)c1cccs1.I. The van der Waals surface area contributed by atoms with Crippen LogP contribution in [0.5, 0.6) is 5.75 Å². The predicted octanol–water partition coefficient (Wildman–Crippen LogP) is 4.70. The second-order valence-corrected chi connectivity index (χ2v) is 8.19. The lowest BCUT2D eigenvalue weighted by atomic mass is 10.1. The summed E-state index contributed by atoms with van der Waals surface area (Å²) < 4.78 is 11.6. The molecule has 0 radical (unpaired) electrons. The van der Waals surface area contributed by atoms with Gasteiger partial charge in [-0.05, 0) is 36.9 Å². The molecule has 0 bridgehead atoms. The Morgan fingerprint density at radius 3 is 2.90 bits per heavy atom. The van der Waals surface area contributed by atoms with Gasteiger partial charge in [-0.1, -0.05) is 25.1 Å². The highest BCUT2D eigenvalue weighted by molar-refractivity contribution is 14.0. The Balaban J connectivity index is 0.00000300. The van der Waals surface area contributed by atoms with E-state index in [4.69, 9.17) is 14.5 Å². The van der Waals surface area contributed by atoms with Gasteiger partial charge in [0.2, 0.25) is 0 Å². The lowest BCUT2D eigenvalue weighted by molar-refractivity contribution is 0.140. The van der Waals surface area contributed by atoms with Gasteiger partial charge in [0.15, 0.2) is 5.96 Å². The summed E-state index contributed by atoms with van der Waals surface area (Å²) in [6, 6.07) is 10.6. The van der Waals surface area contributed by atoms with Crippen molar-refractivity contribution in [3.8, 4) is 5.75 Å². The monoisotopic (exact) mass is 529 g/mol. The number of nitrogens with one attached hydrogen (secondary N) is 2. The van der Waals surface area contributed by atoms with E-state index in [9.17, 15) is 0 Å². The van der Waals surface area contributed by atoms with Gasteiger partial charge in [-0.3, -0.25) is 0 Å². The summed E-state index contributed by atoms with van der Waals surface area (Å²) in [7, 11) is 0. The van der Waals surface area contributed by atoms with Gasteiger partial charge in [0.1, 0.15) is 11.9 Å². The highest BCUT2D eigenvalue weighted by atomic mass is 127. The first-order valence-electron chi connectivity index (χ1n) is 10.0. The van der Waals surface area contributed by atoms with E-state index in [1.165, 1.54) is 10.4 Å². The third-order valence-corrected chi connectivity index (χ3v) is 5.86. The third kappa shape index (κ3) is 7.46. The van der Waals surface area contributed by atoms with Crippen molar-refractivity contribution in [2.24, 2.45) is 4.99 Å². The van der Waals surface area contributed by atoms with Crippen LogP contribution in [0.3, 0.4) is 0 Å². The van der Waals surface area contributed by atoms with Crippen molar-refractivity contribution in [1.29, 1.82) is 0 Å². The molecule has 1 fully saturated rings. The molecule has 7 heteroatoms. The standard InChI is InChI=1S/C22H31N3O2S.HI/c1-4-23-22(24-13-17(3)21-6-5-11-28-21)25-14-18-8-7-16(2)12-20(18)27-19-9-10-26-15-19;/h5-8,11-12,17,19H,4,9-10,13-15H2,1-3H3,(H2,23,24,25);1H. The molecular formula is C22H32IN3O2S. The van der Waals surface area contributed by atoms with Crippen molar-refractivity contribution in [2.75, 3.05) is 26.3 Å². The normalized spacial score (nSPS) is 17.5. The lowest BCUT2D eigenvalue weighted by Crippen LogP contribution is -2.39. The Bertz CT molecular complexity index is 761. The maximum Gasteiger partial charge on any atom is 0.191 e. The average Bonchev–Trinajstić information content (AvgIpc) is 3.39. The van der Waals surface area contributed by atoms with Crippen LogP contribution in [0.2, 0.25) is 0 Å². The number of aryl methyl sites for hydroxylation is 1. The van der Waals surface area contributed by atoms with Crippen LogP contribution in [0.15, 0.2) is 40.7 Å². The van der Waals surface area contributed by atoms with Crippen molar-refractivity contribution in [3.63, 3.8) is 0 Å². The summed E-state index contributed by atoms with van der Waals surface area (Å²) in [5, 5.41) is 8.93. The van der Waals surface area contributed by atoms with E-state index in [1.807, 2.05) is 0 Å². The molecule has 1 saturated heterocycles. The van der Waals surface area contributed by atoms with Crippen LogP contribution < -0.4 is 15.4 Å². The highest BCUT2D eigenvalue weighted by Crippen LogP contribution is 2.24. The minimum Gasteiger partial charge on any atom is -0.488 e. The summed E-state index contributed by atoms with van der Waals surface area (Å²) >= 11 is 1.80. The summed E-state index contributed by atoms with van der Waals surface area (Å²) in [5.41, 5.74) is 2.29. The number of halogens is 1. The molecular weight excluding hydrogens is 497 g/mol. The second-order valence-electron chi connectivity index (χ2n) is 7.21. The molecule has 1 aliphatic heterocycles. The van der Waals surface area contributed by atoms with E-state index in [2.05, 4.69) is 67.1 Å². The fourth-order valence-electron chi connectivity index (χ4n) is 3.12. The van der Waals surface area contributed by atoms with Gasteiger partial charge in [-0.25, -0.2) is 4.99 Å². The van der Waals surface area contributed by atoms with E-state index in [0.717, 1.165) is 43.4 Å². The zero-order valence-corrected chi connectivity index (χ0v) is 20.6. The summed E-state index contributed by atoms with van der Waals surface area (Å²) in [6.45, 7) is 10.1. The Hall–Kier alpha value is -1.32. The van der Waals surface area contributed by atoms with Gasteiger partial charge in [0.25, 0.3) is 0 Å². The molecule has 1 aromatic carbocycles. The molecule has 2 atom stereocenters. The van der Waals surface area contributed by atoms with Crippen molar-refractivity contribution in [1.82, 2.24) is 10.6 Å². The largest absolute Gasteiger partial charge is 0.488 e. The maximum absolute atomic E-state index is 6.19. The first kappa shape index (κ1) is 24.0. The summed E-state index contributed by atoms with van der Waals surface area (Å²) in [4.78, 5) is 6.17. The number of rotatable bonds is 8. The molecule has 2 heterocycles. The van der Waals surface area contributed by atoms with Crippen LogP contribution in [0.1, 0.15) is 42.2 Å². The fourth-order valence-corrected chi connectivity index (χ4v) is 3.90. The Labute approximate surface area is 195 Å². The molecule has 0 spiro atoms. The first-order chi connectivity index (χ1) is 13.7. The summed E-state index contributed by atoms with van der Waals surface area (Å²) in [5.74, 6) is 2.20. The van der Waals surface area contributed by atoms with Gasteiger partial charge < -0.3 is 20.1 Å². The molecule has 0 saturated carbocycles. The third-order valence-electron chi connectivity index (χ3n) is 4.76. The van der Waals surface area contributed by atoms with E-state index in [0.29, 0.717) is 19.1 Å². The molecule has 3 rings (SSSR count). The molecule has 1 aromatic heterocycles. The Morgan fingerprint density at radius 2 is 2.21 bits per heavy atom. The zero-order chi connectivity index (χ0) is 19.8. The van der Waals surface area contributed by atoms with Crippen LogP contribution in [0.4, 0.5) is 0 Å². The number of hydrogen-bond donors (Lipinski definition) is 2. The van der Waals surface area contributed by atoms with Crippen LogP contribution in [0, 0.1) is 6.92 Å². The van der Waals surface area contributed by atoms with Gasteiger partial charge in [0, 0.05) is 35.9 Å². The van der Waals surface area contributed by atoms with E-state index in [1.54, 1.807) is 11.3 Å². The highest BCUT2D eigenvalue weighted by Gasteiger charge is 2.18. The molecule has 2 aromatic rings.